The first kappa shape index (κ1) is 15.6. The highest BCUT2D eigenvalue weighted by molar-refractivity contribution is 5.88. The quantitative estimate of drug-likeness (QED) is 0.827. The molecule has 1 heterocycles. The van der Waals surface area contributed by atoms with Gasteiger partial charge in [-0.3, -0.25) is 0 Å². The second-order valence-corrected chi connectivity index (χ2v) is 5.99. The maximum Gasteiger partial charge on any atom is 0.328 e. The lowest BCUT2D eigenvalue weighted by Crippen LogP contribution is -2.45. The maximum absolute atomic E-state index is 10.8. The second-order valence-electron chi connectivity index (χ2n) is 5.99. The monoisotopic (exact) mass is 315 g/mol. The second kappa shape index (κ2) is 5.70. The number of nitrogens with zero attached hydrogens (tertiary/aromatic N) is 2. The van der Waals surface area contributed by atoms with Crippen molar-refractivity contribution < 1.29 is 14.6 Å². The molecule has 1 saturated carbocycles. The Hall–Kier alpha value is -2.34. The number of hydrogen-bond acceptors (Lipinski definition) is 4. The summed E-state index contributed by atoms with van der Waals surface area (Å²) in [7, 11) is 1.96. The molecule has 23 heavy (non-hydrogen) atoms. The summed E-state index contributed by atoms with van der Waals surface area (Å²) in [5.41, 5.74) is 8.50. The Morgan fingerprint density at radius 1 is 1.52 bits per heavy atom. The first-order valence-corrected chi connectivity index (χ1v) is 7.78. The molecule has 3 rings (SSSR count). The van der Waals surface area contributed by atoms with Crippen LogP contribution in [0.25, 0.3) is 17.1 Å². The van der Waals surface area contributed by atoms with Gasteiger partial charge in [-0.15, -0.1) is 0 Å². The number of fused-ring (bicyclic) bond motifs is 1. The van der Waals surface area contributed by atoms with Gasteiger partial charge in [-0.2, -0.15) is 0 Å². The summed E-state index contributed by atoms with van der Waals surface area (Å²) in [4.78, 5) is 15.5. The molecule has 1 aliphatic rings. The van der Waals surface area contributed by atoms with Crippen LogP contribution in [0.5, 0.6) is 5.75 Å². The molecular formula is C17H21N3O3. The van der Waals surface area contributed by atoms with E-state index in [1.54, 1.807) is 0 Å². The highest BCUT2D eigenvalue weighted by atomic mass is 16.5. The minimum Gasteiger partial charge on any atom is -0.493 e. The van der Waals surface area contributed by atoms with Crippen LogP contribution in [0.4, 0.5) is 0 Å². The molecule has 2 aromatic rings. The topological polar surface area (TPSA) is 90.4 Å². The minimum absolute atomic E-state index is 0.351. The molecule has 0 spiro atoms. The first-order chi connectivity index (χ1) is 10.9. The van der Waals surface area contributed by atoms with E-state index in [9.17, 15) is 4.79 Å². The van der Waals surface area contributed by atoms with Crippen molar-refractivity contribution in [3.05, 3.63) is 29.6 Å². The van der Waals surface area contributed by atoms with Gasteiger partial charge in [0.2, 0.25) is 0 Å². The van der Waals surface area contributed by atoms with Crippen LogP contribution in [-0.2, 0) is 17.4 Å². The number of aryl methyl sites for hydroxylation is 1. The van der Waals surface area contributed by atoms with Gasteiger partial charge in [0.1, 0.15) is 11.6 Å². The van der Waals surface area contributed by atoms with E-state index < -0.39 is 5.97 Å². The lowest BCUT2D eigenvalue weighted by Gasteiger charge is -2.37. The van der Waals surface area contributed by atoms with Crippen molar-refractivity contribution in [1.82, 2.24) is 9.55 Å². The Bertz CT molecular complexity index is 788. The van der Waals surface area contributed by atoms with Gasteiger partial charge in [-0.25, -0.2) is 9.78 Å². The van der Waals surface area contributed by atoms with Crippen LogP contribution >= 0.6 is 0 Å². The number of ether oxygens (including phenoxy) is 1. The third-order valence-electron chi connectivity index (χ3n) is 4.41. The van der Waals surface area contributed by atoms with Crippen LogP contribution in [0.3, 0.4) is 0 Å². The summed E-state index contributed by atoms with van der Waals surface area (Å²) in [6.45, 7) is 2.40. The fraction of sp³-hybridized carbons (Fsp3) is 0.412. The van der Waals surface area contributed by atoms with Gasteiger partial charge in [0.25, 0.3) is 0 Å². The average Bonchev–Trinajstić information content (AvgIpc) is 2.80. The molecule has 0 atom stereocenters. The Morgan fingerprint density at radius 3 is 2.83 bits per heavy atom. The Balaban J connectivity index is 2.13. The van der Waals surface area contributed by atoms with E-state index in [-0.39, 0.29) is 5.54 Å². The first-order valence-electron chi connectivity index (χ1n) is 7.78. The number of carbonyl (C=O) groups is 1. The summed E-state index contributed by atoms with van der Waals surface area (Å²) in [5.74, 6) is 0.525. The van der Waals surface area contributed by atoms with Crippen molar-refractivity contribution in [2.45, 2.75) is 31.7 Å². The summed E-state index contributed by atoms with van der Waals surface area (Å²) in [5, 5.41) is 8.84. The van der Waals surface area contributed by atoms with Crippen LogP contribution in [0.1, 0.15) is 37.6 Å². The summed E-state index contributed by atoms with van der Waals surface area (Å²) in [6, 6.07) is 3.75. The third kappa shape index (κ3) is 2.70. The van der Waals surface area contributed by atoms with E-state index in [0.717, 1.165) is 42.2 Å². The van der Waals surface area contributed by atoms with Crippen molar-refractivity contribution in [3.63, 3.8) is 0 Å². The van der Waals surface area contributed by atoms with Crippen molar-refractivity contribution in [2.75, 3.05) is 6.61 Å². The Labute approximate surface area is 134 Å². The van der Waals surface area contributed by atoms with Crippen LogP contribution in [0.2, 0.25) is 0 Å². The largest absolute Gasteiger partial charge is 0.493 e. The number of nitrogens with two attached hydrogens (primary N) is 1. The standard InChI is InChI=1S/C17H21N3O3/c1-3-23-14-10-13-12(9-11(14)5-6-15(21)22)19-16(20(13)2)17(18)7-4-8-17/h5-6,9-10H,3-4,7-8,18H2,1-2H3,(H,21,22)/b6-5-. The molecule has 6 nitrogen and oxygen atoms in total. The highest BCUT2D eigenvalue weighted by Gasteiger charge is 2.38. The number of rotatable bonds is 5. The van der Waals surface area contributed by atoms with Crippen LogP contribution in [0.15, 0.2) is 18.2 Å². The predicted molar refractivity (Wildman–Crippen MR) is 88.3 cm³/mol. The molecule has 0 amide bonds. The Kier molecular flexibility index (Phi) is 3.85. The number of benzene rings is 1. The van der Waals surface area contributed by atoms with E-state index in [0.29, 0.717) is 17.9 Å². The minimum atomic E-state index is -0.996. The third-order valence-corrected chi connectivity index (χ3v) is 4.41. The Morgan fingerprint density at radius 2 is 2.26 bits per heavy atom. The van der Waals surface area contributed by atoms with Crippen LogP contribution in [-0.4, -0.2) is 27.2 Å². The number of carboxylic acid groups (broad SMARTS) is 1. The van der Waals surface area contributed by atoms with Crippen molar-refractivity contribution in [2.24, 2.45) is 12.8 Å². The number of imidazole rings is 1. The number of carboxylic acids is 1. The van der Waals surface area contributed by atoms with Crippen LogP contribution < -0.4 is 10.5 Å². The zero-order valence-electron chi connectivity index (χ0n) is 13.4. The normalized spacial score (nSPS) is 16.7. The smallest absolute Gasteiger partial charge is 0.328 e. The van der Waals surface area contributed by atoms with Crippen molar-refractivity contribution >= 4 is 23.1 Å². The van der Waals surface area contributed by atoms with E-state index in [1.807, 2.05) is 30.7 Å². The molecule has 0 unspecified atom stereocenters. The van der Waals surface area contributed by atoms with Gasteiger partial charge in [0.15, 0.2) is 0 Å². The molecule has 1 aromatic heterocycles. The molecule has 0 bridgehead atoms. The van der Waals surface area contributed by atoms with Crippen LogP contribution in [0, 0.1) is 0 Å². The molecule has 122 valence electrons. The zero-order chi connectivity index (χ0) is 16.6. The van der Waals surface area contributed by atoms with Gasteiger partial charge in [-0.05, 0) is 38.3 Å². The lowest BCUT2D eigenvalue weighted by molar-refractivity contribution is -0.131. The number of hydrogen-bond donors (Lipinski definition) is 2. The molecule has 6 heteroatoms. The van der Waals surface area contributed by atoms with Gasteiger partial charge in [0.05, 0.1) is 23.2 Å². The molecule has 1 fully saturated rings. The molecule has 3 N–H and O–H groups in total. The molecular weight excluding hydrogens is 294 g/mol. The predicted octanol–water partition coefficient (Wildman–Crippen LogP) is 2.41. The number of aliphatic carboxylic acids is 1. The molecule has 0 radical (unpaired) electrons. The zero-order valence-corrected chi connectivity index (χ0v) is 13.4. The van der Waals surface area contributed by atoms with Gasteiger partial charge >= 0.3 is 5.97 Å². The summed E-state index contributed by atoms with van der Waals surface area (Å²) < 4.78 is 7.67. The van der Waals surface area contributed by atoms with E-state index in [2.05, 4.69) is 0 Å². The van der Waals surface area contributed by atoms with Gasteiger partial charge in [0, 0.05) is 24.8 Å². The van der Waals surface area contributed by atoms with Crippen molar-refractivity contribution in [3.8, 4) is 5.75 Å². The fourth-order valence-electron chi connectivity index (χ4n) is 3.03. The summed E-state index contributed by atoms with van der Waals surface area (Å²) >= 11 is 0. The SMILES string of the molecule is CCOc1cc2c(cc1/C=C\C(=O)O)nc(C1(N)CCC1)n2C. The van der Waals surface area contributed by atoms with Gasteiger partial charge in [-0.1, -0.05) is 0 Å². The van der Waals surface area contributed by atoms with Gasteiger partial charge < -0.3 is 20.1 Å². The molecule has 1 aliphatic carbocycles. The fourth-order valence-corrected chi connectivity index (χ4v) is 3.03. The average molecular weight is 315 g/mol. The molecule has 0 saturated heterocycles. The lowest BCUT2D eigenvalue weighted by atomic mass is 9.77. The molecule has 1 aromatic carbocycles. The highest BCUT2D eigenvalue weighted by Crippen LogP contribution is 2.39. The van der Waals surface area contributed by atoms with E-state index in [4.69, 9.17) is 20.6 Å². The number of aromatic nitrogens is 2. The maximum atomic E-state index is 10.8. The van der Waals surface area contributed by atoms with E-state index in [1.165, 1.54) is 6.08 Å². The van der Waals surface area contributed by atoms with E-state index >= 15 is 0 Å². The summed E-state index contributed by atoms with van der Waals surface area (Å²) in [6.07, 6.45) is 5.63. The van der Waals surface area contributed by atoms with Crippen molar-refractivity contribution in [1.29, 1.82) is 0 Å². The molecule has 0 aliphatic heterocycles.